The Hall–Kier alpha value is -2.14. The Morgan fingerprint density at radius 3 is 2.91 bits per heavy atom. The van der Waals surface area contributed by atoms with Crippen LogP contribution in [0, 0.1) is 0 Å². The number of hydrogen-bond acceptors (Lipinski definition) is 5. The van der Waals surface area contributed by atoms with E-state index in [-0.39, 0.29) is 18.7 Å². The Bertz CT molecular complexity index is 605. The lowest BCUT2D eigenvalue weighted by Crippen LogP contribution is -2.32. The maximum absolute atomic E-state index is 9.46. The number of rotatable bonds is 5. The van der Waals surface area contributed by atoms with E-state index in [0.717, 1.165) is 25.2 Å². The van der Waals surface area contributed by atoms with Gasteiger partial charge in [0.25, 0.3) is 0 Å². The molecule has 22 heavy (non-hydrogen) atoms. The number of aliphatic hydroxyl groups is 1. The van der Waals surface area contributed by atoms with Crippen LogP contribution in [0.4, 0.5) is 11.8 Å². The van der Waals surface area contributed by atoms with Crippen LogP contribution in [0.3, 0.4) is 0 Å². The average molecular weight is 298 g/mol. The second-order valence-corrected chi connectivity index (χ2v) is 5.69. The Kier molecular flexibility index (Phi) is 4.53. The third-order valence-corrected chi connectivity index (χ3v) is 4.17. The first-order valence-corrected chi connectivity index (χ1v) is 7.80. The van der Waals surface area contributed by atoms with Crippen LogP contribution in [-0.2, 0) is 0 Å². The molecule has 0 amide bonds. The number of benzene rings is 1. The van der Waals surface area contributed by atoms with E-state index in [1.165, 1.54) is 5.56 Å². The van der Waals surface area contributed by atoms with E-state index < -0.39 is 0 Å². The lowest BCUT2D eigenvalue weighted by atomic mass is 10.1. The van der Waals surface area contributed by atoms with Crippen molar-refractivity contribution in [2.24, 2.45) is 0 Å². The summed E-state index contributed by atoms with van der Waals surface area (Å²) in [5, 5.41) is 12.8. The average Bonchev–Trinajstić information content (AvgIpc) is 3.04. The minimum Gasteiger partial charge on any atom is -0.394 e. The van der Waals surface area contributed by atoms with Crippen molar-refractivity contribution in [2.45, 2.75) is 31.8 Å². The fourth-order valence-corrected chi connectivity index (χ4v) is 2.92. The molecule has 3 rings (SSSR count). The Balaban J connectivity index is 1.74. The van der Waals surface area contributed by atoms with Gasteiger partial charge in [0, 0.05) is 12.7 Å². The van der Waals surface area contributed by atoms with Gasteiger partial charge in [-0.2, -0.15) is 4.98 Å². The van der Waals surface area contributed by atoms with Crippen molar-refractivity contribution in [1.29, 1.82) is 0 Å². The van der Waals surface area contributed by atoms with Crippen LogP contribution in [0.15, 0.2) is 42.6 Å². The van der Waals surface area contributed by atoms with E-state index in [2.05, 4.69) is 39.2 Å². The van der Waals surface area contributed by atoms with Crippen LogP contribution in [0.5, 0.6) is 0 Å². The zero-order valence-corrected chi connectivity index (χ0v) is 12.8. The highest BCUT2D eigenvalue weighted by Gasteiger charge is 2.25. The predicted octanol–water partition coefficient (Wildman–Crippen LogP) is 2.61. The van der Waals surface area contributed by atoms with Crippen LogP contribution >= 0.6 is 0 Å². The summed E-state index contributed by atoms with van der Waals surface area (Å²) in [7, 11) is 0. The van der Waals surface area contributed by atoms with Crippen molar-refractivity contribution in [2.75, 3.05) is 23.4 Å². The molecule has 1 fully saturated rings. The SMILES string of the molecule is C[C@H](Nc1nccc(N2CCC[C@H]2CO)n1)c1ccccc1. The van der Waals surface area contributed by atoms with E-state index in [1.807, 2.05) is 24.3 Å². The molecule has 2 aromatic rings. The summed E-state index contributed by atoms with van der Waals surface area (Å²) < 4.78 is 0. The summed E-state index contributed by atoms with van der Waals surface area (Å²) in [5.74, 6) is 1.51. The molecule has 0 saturated carbocycles. The number of aromatic nitrogens is 2. The molecule has 0 radical (unpaired) electrons. The smallest absolute Gasteiger partial charge is 0.225 e. The summed E-state index contributed by atoms with van der Waals surface area (Å²) >= 11 is 0. The first-order valence-electron chi connectivity index (χ1n) is 7.80. The molecular formula is C17H22N4O. The normalized spacial score (nSPS) is 19.2. The highest BCUT2D eigenvalue weighted by atomic mass is 16.3. The minimum atomic E-state index is 0.142. The third-order valence-electron chi connectivity index (χ3n) is 4.17. The number of aliphatic hydroxyl groups excluding tert-OH is 1. The van der Waals surface area contributed by atoms with Crippen LogP contribution in [0.25, 0.3) is 0 Å². The Morgan fingerprint density at radius 1 is 1.32 bits per heavy atom. The van der Waals surface area contributed by atoms with Gasteiger partial charge in [-0.15, -0.1) is 0 Å². The summed E-state index contributed by atoms with van der Waals surface area (Å²) in [4.78, 5) is 11.1. The summed E-state index contributed by atoms with van der Waals surface area (Å²) in [6, 6.07) is 12.5. The van der Waals surface area contributed by atoms with Crippen LogP contribution < -0.4 is 10.2 Å². The van der Waals surface area contributed by atoms with Gasteiger partial charge < -0.3 is 15.3 Å². The lowest BCUT2D eigenvalue weighted by molar-refractivity contribution is 0.266. The molecule has 5 nitrogen and oxygen atoms in total. The molecular weight excluding hydrogens is 276 g/mol. The topological polar surface area (TPSA) is 61.3 Å². The van der Waals surface area contributed by atoms with Crippen LogP contribution in [-0.4, -0.2) is 34.3 Å². The van der Waals surface area contributed by atoms with E-state index in [0.29, 0.717) is 5.95 Å². The number of anilines is 2. The summed E-state index contributed by atoms with van der Waals surface area (Å²) in [6.07, 6.45) is 3.89. The number of nitrogens with one attached hydrogen (secondary N) is 1. The highest BCUT2D eigenvalue weighted by molar-refractivity contribution is 5.45. The quantitative estimate of drug-likeness (QED) is 0.888. The van der Waals surface area contributed by atoms with E-state index >= 15 is 0 Å². The van der Waals surface area contributed by atoms with Gasteiger partial charge in [0.2, 0.25) is 5.95 Å². The van der Waals surface area contributed by atoms with E-state index in [4.69, 9.17) is 0 Å². The molecule has 0 spiro atoms. The van der Waals surface area contributed by atoms with Crippen LogP contribution in [0.1, 0.15) is 31.4 Å². The maximum atomic E-state index is 9.46. The molecule has 1 aliphatic heterocycles. The first-order chi connectivity index (χ1) is 10.8. The first kappa shape index (κ1) is 14.8. The monoisotopic (exact) mass is 298 g/mol. The van der Waals surface area contributed by atoms with Crippen molar-refractivity contribution < 1.29 is 5.11 Å². The van der Waals surface area contributed by atoms with Crippen molar-refractivity contribution >= 4 is 11.8 Å². The van der Waals surface area contributed by atoms with Crippen molar-refractivity contribution in [3.63, 3.8) is 0 Å². The van der Waals surface area contributed by atoms with Crippen molar-refractivity contribution in [3.8, 4) is 0 Å². The van der Waals surface area contributed by atoms with Gasteiger partial charge in [-0.05, 0) is 31.4 Å². The standard InChI is InChI=1S/C17H22N4O/c1-13(14-6-3-2-4-7-14)19-17-18-10-9-16(20-17)21-11-5-8-15(21)12-22/h2-4,6-7,9-10,13,15,22H,5,8,11-12H2,1H3,(H,18,19,20)/t13-,15-/m0/s1. The van der Waals surface area contributed by atoms with Gasteiger partial charge in [-0.25, -0.2) is 4.98 Å². The number of nitrogens with zero attached hydrogens (tertiary/aromatic N) is 3. The summed E-state index contributed by atoms with van der Waals surface area (Å²) in [5.41, 5.74) is 1.20. The zero-order valence-electron chi connectivity index (χ0n) is 12.8. The predicted molar refractivity (Wildman–Crippen MR) is 88.0 cm³/mol. The zero-order chi connectivity index (χ0) is 15.4. The second kappa shape index (κ2) is 6.75. The molecule has 0 unspecified atom stereocenters. The highest BCUT2D eigenvalue weighted by Crippen LogP contribution is 2.24. The second-order valence-electron chi connectivity index (χ2n) is 5.69. The molecule has 2 heterocycles. The van der Waals surface area contributed by atoms with Crippen molar-refractivity contribution in [3.05, 3.63) is 48.2 Å². The van der Waals surface area contributed by atoms with Gasteiger partial charge in [0.1, 0.15) is 5.82 Å². The lowest BCUT2D eigenvalue weighted by Gasteiger charge is -2.24. The van der Waals surface area contributed by atoms with Gasteiger partial charge >= 0.3 is 0 Å². The maximum Gasteiger partial charge on any atom is 0.225 e. The minimum absolute atomic E-state index is 0.142. The third kappa shape index (κ3) is 3.20. The Labute approximate surface area is 131 Å². The molecule has 1 aromatic heterocycles. The molecule has 0 aliphatic carbocycles. The van der Waals surface area contributed by atoms with E-state index in [9.17, 15) is 5.11 Å². The molecule has 1 aliphatic rings. The largest absolute Gasteiger partial charge is 0.394 e. The van der Waals surface area contributed by atoms with Gasteiger partial charge in [-0.3, -0.25) is 0 Å². The Morgan fingerprint density at radius 2 is 2.14 bits per heavy atom. The number of hydrogen-bond donors (Lipinski definition) is 2. The van der Waals surface area contributed by atoms with Gasteiger partial charge in [0.05, 0.1) is 18.7 Å². The fourth-order valence-electron chi connectivity index (χ4n) is 2.92. The molecule has 2 N–H and O–H groups in total. The van der Waals surface area contributed by atoms with Gasteiger partial charge in [-0.1, -0.05) is 30.3 Å². The fraction of sp³-hybridized carbons (Fsp3) is 0.412. The molecule has 116 valence electrons. The van der Waals surface area contributed by atoms with Crippen molar-refractivity contribution in [1.82, 2.24) is 9.97 Å². The molecule has 2 atom stereocenters. The van der Waals surface area contributed by atoms with Crippen LogP contribution in [0.2, 0.25) is 0 Å². The van der Waals surface area contributed by atoms with Gasteiger partial charge in [0.15, 0.2) is 0 Å². The summed E-state index contributed by atoms with van der Waals surface area (Å²) in [6.45, 7) is 3.21. The molecule has 1 aromatic carbocycles. The molecule has 0 bridgehead atoms. The van der Waals surface area contributed by atoms with E-state index in [1.54, 1.807) is 6.20 Å². The molecule has 1 saturated heterocycles. The molecule has 5 heteroatoms.